The summed E-state index contributed by atoms with van der Waals surface area (Å²) in [7, 11) is 0. The van der Waals surface area contributed by atoms with Crippen LogP contribution >= 0.6 is 11.6 Å². The first-order valence-corrected chi connectivity index (χ1v) is 7.51. The molecule has 1 N–H and O–H groups in total. The summed E-state index contributed by atoms with van der Waals surface area (Å²) >= 11 is 6.05. The van der Waals surface area contributed by atoms with Gasteiger partial charge < -0.3 is 15.0 Å². The Kier molecular flexibility index (Phi) is 4.26. The Morgan fingerprint density at radius 3 is 3.11 bits per heavy atom. The van der Waals surface area contributed by atoms with Crippen LogP contribution in [-0.4, -0.2) is 38.9 Å². The molecule has 0 aliphatic carbocycles. The number of anilines is 1. The van der Waals surface area contributed by atoms with Crippen LogP contribution in [0.1, 0.15) is 12.8 Å². The Morgan fingerprint density at radius 2 is 2.32 bits per heavy atom. The fourth-order valence-electron chi connectivity index (χ4n) is 2.91. The molecule has 0 amide bonds. The zero-order valence-corrected chi connectivity index (χ0v) is 11.9. The second-order valence-corrected chi connectivity index (χ2v) is 5.99. The summed E-state index contributed by atoms with van der Waals surface area (Å²) in [5.41, 5.74) is 1.24. The highest BCUT2D eigenvalue weighted by molar-refractivity contribution is 6.30. The molecule has 1 aromatic carbocycles. The summed E-state index contributed by atoms with van der Waals surface area (Å²) in [6, 6.07) is 8.73. The van der Waals surface area contributed by atoms with Crippen LogP contribution in [0.15, 0.2) is 24.3 Å². The second-order valence-electron chi connectivity index (χ2n) is 5.55. The van der Waals surface area contributed by atoms with Crippen molar-refractivity contribution in [3.05, 3.63) is 29.3 Å². The molecular formula is C15H21ClN2O. The number of nitrogens with zero attached hydrogens (tertiary/aromatic N) is 1. The van der Waals surface area contributed by atoms with Gasteiger partial charge in [-0.3, -0.25) is 0 Å². The minimum absolute atomic E-state index is 0.597. The zero-order valence-electron chi connectivity index (χ0n) is 11.1. The number of rotatable bonds is 4. The van der Waals surface area contributed by atoms with Crippen LogP contribution in [0, 0.1) is 5.92 Å². The van der Waals surface area contributed by atoms with Crippen LogP contribution in [0.5, 0.6) is 0 Å². The average molecular weight is 281 g/mol. The van der Waals surface area contributed by atoms with E-state index in [0.717, 1.165) is 37.9 Å². The Bertz CT molecular complexity index is 420. The summed E-state index contributed by atoms with van der Waals surface area (Å²) in [4.78, 5) is 2.41. The molecule has 0 bridgehead atoms. The first kappa shape index (κ1) is 13.2. The van der Waals surface area contributed by atoms with Gasteiger partial charge in [0.05, 0.1) is 6.61 Å². The predicted octanol–water partition coefficient (Wildman–Crippen LogP) is 2.54. The van der Waals surface area contributed by atoms with Crippen LogP contribution in [0.4, 0.5) is 5.69 Å². The van der Waals surface area contributed by atoms with E-state index in [1.54, 1.807) is 0 Å². The van der Waals surface area contributed by atoms with Gasteiger partial charge in [0.1, 0.15) is 0 Å². The van der Waals surface area contributed by atoms with Crippen molar-refractivity contribution in [2.24, 2.45) is 5.92 Å². The van der Waals surface area contributed by atoms with Crippen molar-refractivity contribution in [2.45, 2.75) is 18.9 Å². The molecule has 0 radical (unpaired) electrons. The highest BCUT2D eigenvalue weighted by Gasteiger charge is 2.24. The molecule has 3 nitrogen and oxygen atoms in total. The van der Waals surface area contributed by atoms with Gasteiger partial charge in [-0.05, 0) is 37.0 Å². The van der Waals surface area contributed by atoms with Crippen LogP contribution < -0.4 is 10.2 Å². The molecule has 19 heavy (non-hydrogen) atoms. The van der Waals surface area contributed by atoms with Crippen LogP contribution in [0.3, 0.4) is 0 Å². The number of halogens is 1. The second kappa shape index (κ2) is 6.12. The number of hydrogen-bond donors (Lipinski definition) is 1. The highest BCUT2D eigenvalue weighted by atomic mass is 35.5. The van der Waals surface area contributed by atoms with Gasteiger partial charge in [0.2, 0.25) is 0 Å². The first-order chi connectivity index (χ1) is 9.31. The van der Waals surface area contributed by atoms with Crippen molar-refractivity contribution in [3.8, 4) is 0 Å². The topological polar surface area (TPSA) is 24.5 Å². The van der Waals surface area contributed by atoms with E-state index in [1.807, 2.05) is 12.1 Å². The molecule has 2 aliphatic heterocycles. The molecular weight excluding hydrogens is 260 g/mol. The smallest absolute Gasteiger partial charge is 0.0507 e. The predicted molar refractivity (Wildman–Crippen MR) is 79.0 cm³/mol. The third-order valence-electron chi connectivity index (χ3n) is 4.08. The fraction of sp³-hybridized carbons (Fsp3) is 0.600. The molecule has 0 aromatic heterocycles. The van der Waals surface area contributed by atoms with Gasteiger partial charge in [-0.2, -0.15) is 0 Å². The lowest BCUT2D eigenvalue weighted by Crippen LogP contribution is -2.36. The van der Waals surface area contributed by atoms with Crippen molar-refractivity contribution in [1.82, 2.24) is 5.32 Å². The lowest BCUT2D eigenvalue weighted by atomic mass is 10.1. The summed E-state index contributed by atoms with van der Waals surface area (Å²) in [5.74, 6) is 0.709. The lowest BCUT2D eigenvalue weighted by Gasteiger charge is -2.20. The molecule has 0 spiro atoms. The van der Waals surface area contributed by atoms with Gasteiger partial charge in [0, 0.05) is 43.0 Å². The molecule has 1 aromatic rings. The molecule has 2 fully saturated rings. The van der Waals surface area contributed by atoms with E-state index < -0.39 is 0 Å². The summed E-state index contributed by atoms with van der Waals surface area (Å²) in [6.07, 6.45) is 2.41. The molecule has 4 heteroatoms. The van der Waals surface area contributed by atoms with E-state index >= 15 is 0 Å². The Balaban J connectivity index is 1.49. The first-order valence-electron chi connectivity index (χ1n) is 7.13. The highest BCUT2D eigenvalue weighted by Crippen LogP contribution is 2.23. The monoisotopic (exact) mass is 280 g/mol. The van der Waals surface area contributed by atoms with Gasteiger partial charge in [-0.1, -0.05) is 17.7 Å². The van der Waals surface area contributed by atoms with E-state index in [2.05, 4.69) is 22.3 Å². The van der Waals surface area contributed by atoms with Crippen molar-refractivity contribution in [1.29, 1.82) is 0 Å². The van der Waals surface area contributed by atoms with Crippen molar-refractivity contribution >= 4 is 17.3 Å². The number of nitrogens with one attached hydrogen (secondary N) is 1. The maximum Gasteiger partial charge on any atom is 0.0507 e. The quantitative estimate of drug-likeness (QED) is 0.917. The molecule has 3 rings (SSSR count). The normalized spacial score (nSPS) is 27.1. The van der Waals surface area contributed by atoms with Crippen molar-refractivity contribution in [3.63, 3.8) is 0 Å². The van der Waals surface area contributed by atoms with E-state index in [9.17, 15) is 0 Å². The Labute approximate surface area is 119 Å². The minimum atomic E-state index is 0.597. The molecule has 2 aliphatic rings. The number of hydrogen-bond acceptors (Lipinski definition) is 3. The van der Waals surface area contributed by atoms with E-state index in [0.29, 0.717) is 12.0 Å². The van der Waals surface area contributed by atoms with E-state index in [4.69, 9.17) is 16.3 Å². The lowest BCUT2D eigenvalue weighted by molar-refractivity contribution is 0.184. The maximum absolute atomic E-state index is 6.05. The van der Waals surface area contributed by atoms with E-state index in [1.165, 1.54) is 18.5 Å². The van der Waals surface area contributed by atoms with E-state index in [-0.39, 0.29) is 0 Å². The van der Waals surface area contributed by atoms with Crippen molar-refractivity contribution < 1.29 is 4.74 Å². The van der Waals surface area contributed by atoms with Gasteiger partial charge >= 0.3 is 0 Å². The van der Waals surface area contributed by atoms with Gasteiger partial charge in [0.25, 0.3) is 0 Å². The summed E-state index contributed by atoms with van der Waals surface area (Å²) in [5, 5.41) is 4.50. The Hall–Kier alpha value is -0.770. The third kappa shape index (κ3) is 3.41. The molecule has 2 atom stereocenters. The van der Waals surface area contributed by atoms with Crippen molar-refractivity contribution in [2.75, 3.05) is 37.7 Å². The van der Waals surface area contributed by atoms with Gasteiger partial charge in [-0.15, -0.1) is 0 Å². The molecule has 2 heterocycles. The minimum Gasteiger partial charge on any atom is -0.381 e. The Morgan fingerprint density at radius 1 is 1.37 bits per heavy atom. The largest absolute Gasteiger partial charge is 0.381 e. The molecule has 0 saturated carbocycles. The summed E-state index contributed by atoms with van der Waals surface area (Å²) in [6.45, 7) is 5.14. The maximum atomic E-state index is 6.05. The molecule has 104 valence electrons. The van der Waals surface area contributed by atoms with Gasteiger partial charge in [-0.25, -0.2) is 0 Å². The number of benzene rings is 1. The summed E-state index contributed by atoms with van der Waals surface area (Å²) < 4.78 is 5.41. The van der Waals surface area contributed by atoms with Crippen LogP contribution in [0.25, 0.3) is 0 Å². The molecule has 2 saturated heterocycles. The fourth-order valence-corrected chi connectivity index (χ4v) is 3.10. The number of ether oxygens (including phenoxy) is 1. The average Bonchev–Trinajstić information content (AvgIpc) is 3.08. The van der Waals surface area contributed by atoms with Crippen LogP contribution in [-0.2, 0) is 4.74 Å². The van der Waals surface area contributed by atoms with Gasteiger partial charge in [0.15, 0.2) is 0 Å². The zero-order chi connectivity index (χ0) is 13.1. The SMILES string of the molecule is Clc1cccc(N2CC[C@@H](NC[C@@H]3CCOC3)C2)c1. The standard InChI is InChI=1S/C15H21ClN2O/c16-13-2-1-3-15(8-13)18-6-4-14(10-18)17-9-12-5-7-19-11-12/h1-3,8,12,14,17H,4-7,9-11H2/t12-,14+/m0/s1. The third-order valence-corrected chi connectivity index (χ3v) is 4.32. The molecule has 0 unspecified atom stereocenters. The van der Waals surface area contributed by atoms with Crippen LogP contribution in [0.2, 0.25) is 5.02 Å².